The van der Waals surface area contributed by atoms with Crippen molar-refractivity contribution in [3.8, 4) is 11.3 Å². The van der Waals surface area contributed by atoms with Crippen LogP contribution in [0.15, 0.2) is 41.9 Å². The lowest BCUT2D eigenvalue weighted by atomic mass is 10.0. The number of carbonyl (C=O) groups excluding carboxylic acids is 1. The number of amides is 2. The van der Waals surface area contributed by atoms with Crippen LogP contribution in [0.25, 0.3) is 11.3 Å². The summed E-state index contributed by atoms with van der Waals surface area (Å²) < 4.78 is 0. The van der Waals surface area contributed by atoms with Crippen molar-refractivity contribution in [3.63, 3.8) is 0 Å². The van der Waals surface area contributed by atoms with Crippen molar-refractivity contribution >= 4 is 45.5 Å². The lowest BCUT2D eigenvalue weighted by Gasteiger charge is -2.26. The number of benzene rings is 1. The first-order valence-corrected chi connectivity index (χ1v) is 8.84. The molecule has 4 rings (SSSR count). The molecule has 6 nitrogen and oxygen atoms in total. The summed E-state index contributed by atoms with van der Waals surface area (Å²) in [6.45, 7) is 0.584. The summed E-state index contributed by atoms with van der Waals surface area (Å²) in [5.74, 6) is 0. The molecule has 25 heavy (non-hydrogen) atoms. The van der Waals surface area contributed by atoms with Gasteiger partial charge in [0.25, 0.3) is 0 Å². The van der Waals surface area contributed by atoms with Crippen LogP contribution in [0.1, 0.15) is 5.56 Å². The molecular formula is C17H14ClN5OS. The molecule has 0 atom stereocenters. The number of thiazole rings is 1. The molecule has 126 valence electrons. The molecular weight excluding hydrogens is 358 g/mol. The van der Waals surface area contributed by atoms with E-state index in [0.29, 0.717) is 11.7 Å². The fourth-order valence-electron chi connectivity index (χ4n) is 2.58. The zero-order valence-corrected chi connectivity index (χ0v) is 14.9. The zero-order chi connectivity index (χ0) is 17.4. The van der Waals surface area contributed by atoms with Gasteiger partial charge in [-0.15, -0.1) is 11.3 Å². The molecule has 0 fully saturated rings. The summed E-state index contributed by atoms with van der Waals surface area (Å²) in [5, 5.41) is 9.32. The van der Waals surface area contributed by atoms with Gasteiger partial charge in [0, 0.05) is 30.2 Å². The predicted molar refractivity (Wildman–Crippen MR) is 101 cm³/mol. The smallest absolute Gasteiger partial charge is 0.321 e. The van der Waals surface area contributed by atoms with E-state index in [1.54, 1.807) is 24.2 Å². The van der Waals surface area contributed by atoms with Gasteiger partial charge in [0.1, 0.15) is 5.15 Å². The molecule has 1 aromatic carbocycles. The van der Waals surface area contributed by atoms with E-state index >= 15 is 0 Å². The molecule has 0 saturated carbocycles. The number of aromatic nitrogens is 2. The molecule has 1 aliphatic rings. The molecule has 0 unspecified atom stereocenters. The van der Waals surface area contributed by atoms with Crippen LogP contribution in [0.2, 0.25) is 5.15 Å². The molecule has 0 saturated heterocycles. The van der Waals surface area contributed by atoms with Gasteiger partial charge in [-0.05, 0) is 29.8 Å². The minimum Gasteiger partial charge on any atom is -0.330 e. The Bertz CT molecular complexity index is 940. The summed E-state index contributed by atoms with van der Waals surface area (Å²) in [6.07, 6.45) is 1.67. The summed E-state index contributed by atoms with van der Waals surface area (Å²) in [4.78, 5) is 22.0. The van der Waals surface area contributed by atoms with Crippen LogP contribution in [0.3, 0.4) is 0 Å². The second kappa shape index (κ2) is 6.34. The van der Waals surface area contributed by atoms with Crippen molar-refractivity contribution in [2.45, 2.75) is 6.54 Å². The number of rotatable bonds is 3. The normalized spacial score (nSPS) is 13.4. The van der Waals surface area contributed by atoms with E-state index in [9.17, 15) is 4.79 Å². The Morgan fingerprint density at radius 2 is 2.20 bits per heavy atom. The number of halogens is 1. The average molecular weight is 372 g/mol. The number of nitrogens with zero attached hydrogens (tertiary/aromatic N) is 3. The average Bonchev–Trinajstić information content (AvgIpc) is 3.06. The minimum absolute atomic E-state index is 0.0861. The van der Waals surface area contributed by atoms with Gasteiger partial charge in [0.2, 0.25) is 0 Å². The van der Waals surface area contributed by atoms with Gasteiger partial charge in [-0.3, -0.25) is 0 Å². The van der Waals surface area contributed by atoms with E-state index < -0.39 is 0 Å². The molecule has 8 heteroatoms. The third-order valence-corrected chi connectivity index (χ3v) is 4.86. The number of carbonyl (C=O) groups is 1. The van der Waals surface area contributed by atoms with Crippen LogP contribution in [0.5, 0.6) is 0 Å². The van der Waals surface area contributed by atoms with Crippen LogP contribution in [0, 0.1) is 0 Å². The summed E-state index contributed by atoms with van der Waals surface area (Å²) in [6, 6.07) is 9.45. The maximum absolute atomic E-state index is 11.7. The van der Waals surface area contributed by atoms with E-state index in [-0.39, 0.29) is 6.03 Å². The first-order chi connectivity index (χ1) is 12.1. The van der Waals surface area contributed by atoms with E-state index in [1.807, 2.05) is 23.6 Å². The lowest BCUT2D eigenvalue weighted by Crippen LogP contribution is -2.35. The van der Waals surface area contributed by atoms with Gasteiger partial charge in [-0.1, -0.05) is 17.7 Å². The number of pyridine rings is 1. The fourth-order valence-corrected chi connectivity index (χ4v) is 3.43. The van der Waals surface area contributed by atoms with E-state index in [4.69, 9.17) is 11.6 Å². The molecule has 0 radical (unpaired) electrons. The maximum atomic E-state index is 11.7. The zero-order valence-electron chi connectivity index (χ0n) is 13.3. The van der Waals surface area contributed by atoms with Crippen molar-refractivity contribution in [3.05, 3.63) is 52.6 Å². The summed E-state index contributed by atoms with van der Waals surface area (Å²) >= 11 is 7.31. The van der Waals surface area contributed by atoms with Crippen LogP contribution in [-0.2, 0) is 6.54 Å². The standard InChI is InChI=1S/C17H14ClN5OS/c1-23-8-11-6-10(2-4-13(11)22-17(23)24)14-9-25-16(21-14)20-12-3-5-15(18)19-7-12/h2-7,9H,8H2,1H3,(H,20,21)(H,22,24). The van der Waals surface area contributed by atoms with E-state index in [2.05, 4.69) is 26.7 Å². The molecule has 3 aromatic rings. The first-order valence-electron chi connectivity index (χ1n) is 7.58. The van der Waals surface area contributed by atoms with Crippen LogP contribution < -0.4 is 10.6 Å². The molecule has 2 N–H and O–H groups in total. The quantitative estimate of drug-likeness (QED) is 0.661. The van der Waals surface area contributed by atoms with Crippen molar-refractivity contribution in [1.29, 1.82) is 0 Å². The van der Waals surface area contributed by atoms with Gasteiger partial charge in [0.05, 0.1) is 17.6 Å². The van der Waals surface area contributed by atoms with E-state index in [0.717, 1.165) is 33.3 Å². The van der Waals surface area contributed by atoms with Crippen LogP contribution >= 0.6 is 22.9 Å². The Morgan fingerprint density at radius 3 is 3.00 bits per heavy atom. The molecule has 1 aliphatic heterocycles. The van der Waals surface area contributed by atoms with Crippen LogP contribution in [0.4, 0.5) is 21.3 Å². The maximum Gasteiger partial charge on any atom is 0.321 e. The van der Waals surface area contributed by atoms with Crippen LogP contribution in [-0.4, -0.2) is 27.9 Å². The highest BCUT2D eigenvalue weighted by atomic mass is 35.5. The second-order valence-corrected chi connectivity index (χ2v) is 6.94. The number of hydrogen-bond acceptors (Lipinski definition) is 5. The molecule has 0 spiro atoms. The first kappa shape index (κ1) is 15.9. The van der Waals surface area contributed by atoms with E-state index in [1.165, 1.54) is 11.3 Å². The Morgan fingerprint density at radius 1 is 1.32 bits per heavy atom. The third-order valence-electron chi connectivity index (χ3n) is 3.88. The third kappa shape index (κ3) is 3.29. The number of anilines is 3. The van der Waals surface area contributed by atoms with Crippen molar-refractivity contribution in [2.24, 2.45) is 0 Å². The Balaban J connectivity index is 1.57. The minimum atomic E-state index is -0.0861. The molecule has 0 aliphatic carbocycles. The number of urea groups is 1. The highest BCUT2D eigenvalue weighted by molar-refractivity contribution is 7.14. The number of hydrogen-bond donors (Lipinski definition) is 2. The van der Waals surface area contributed by atoms with Gasteiger partial charge >= 0.3 is 6.03 Å². The Kier molecular flexibility index (Phi) is 4.03. The van der Waals surface area contributed by atoms with Crippen molar-refractivity contribution in [2.75, 3.05) is 17.7 Å². The lowest BCUT2D eigenvalue weighted by molar-refractivity contribution is 0.218. The van der Waals surface area contributed by atoms with Gasteiger partial charge in [-0.25, -0.2) is 14.8 Å². The second-order valence-electron chi connectivity index (χ2n) is 5.69. The number of fused-ring (bicyclic) bond motifs is 1. The fraction of sp³-hybridized carbons (Fsp3) is 0.118. The SMILES string of the molecule is CN1Cc2cc(-c3csc(Nc4ccc(Cl)nc4)n3)ccc2NC1=O. The van der Waals surface area contributed by atoms with Crippen molar-refractivity contribution < 1.29 is 4.79 Å². The monoisotopic (exact) mass is 371 g/mol. The highest BCUT2D eigenvalue weighted by Gasteiger charge is 2.19. The summed E-state index contributed by atoms with van der Waals surface area (Å²) in [5.41, 5.74) is 4.66. The highest BCUT2D eigenvalue weighted by Crippen LogP contribution is 2.31. The topological polar surface area (TPSA) is 70.2 Å². The summed E-state index contributed by atoms with van der Waals surface area (Å²) in [7, 11) is 1.77. The predicted octanol–water partition coefficient (Wildman–Crippen LogP) is 4.58. The molecule has 0 bridgehead atoms. The number of nitrogens with one attached hydrogen (secondary N) is 2. The van der Waals surface area contributed by atoms with Gasteiger partial charge in [-0.2, -0.15) is 0 Å². The Hall–Kier alpha value is -2.64. The van der Waals surface area contributed by atoms with Crippen molar-refractivity contribution in [1.82, 2.24) is 14.9 Å². The van der Waals surface area contributed by atoms with Gasteiger partial charge in [0.15, 0.2) is 5.13 Å². The molecule has 2 aromatic heterocycles. The Labute approximate surface area is 153 Å². The van der Waals surface area contributed by atoms with Gasteiger partial charge < -0.3 is 15.5 Å². The molecule has 2 amide bonds. The largest absolute Gasteiger partial charge is 0.330 e. The molecule has 3 heterocycles.